The second kappa shape index (κ2) is 6.94. The van der Waals surface area contributed by atoms with Gasteiger partial charge in [0.25, 0.3) is 0 Å². The lowest BCUT2D eigenvalue weighted by Gasteiger charge is -2.52. The summed E-state index contributed by atoms with van der Waals surface area (Å²) in [6.07, 6.45) is -2.48. The number of benzene rings is 1. The van der Waals surface area contributed by atoms with Gasteiger partial charge in [0.2, 0.25) is 0 Å². The molecule has 1 unspecified atom stereocenters. The van der Waals surface area contributed by atoms with Gasteiger partial charge in [-0.1, -0.05) is 32.0 Å². The van der Waals surface area contributed by atoms with Crippen molar-refractivity contribution in [2.45, 2.75) is 32.5 Å². The maximum Gasteiger partial charge on any atom is 0.416 e. The fourth-order valence-electron chi connectivity index (χ4n) is 3.91. The number of fused-ring (bicyclic) bond motifs is 4. The van der Waals surface area contributed by atoms with Gasteiger partial charge in [-0.05, 0) is 11.6 Å². The number of nitrogens with zero attached hydrogens (tertiary/aromatic N) is 2. The average molecular weight is 374 g/mol. The second-order valence-electron chi connectivity index (χ2n) is 6.46. The largest absolute Gasteiger partial charge is 0.511 e. The number of anilines is 1. The van der Waals surface area contributed by atoms with Crippen molar-refractivity contribution in [3.63, 3.8) is 0 Å². The Kier molecular flexibility index (Phi) is 4.82. The van der Waals surface area contributed by atoms with Crippen molar-refractivity contribution in [3.8, 4) is 0 Å². The molecular weight excluding hydrogens is 352 g/mol. The molecule has 0 aromatic heterocycles. The lowest BCUT2D eigenvalue weighted by molar-refractivity contribution is -0.116. The Hall–Kier alpha value is -3.03. The Labute approximate surface area is 156 Å². The molecule has 1 aromatic carbocycles. The maximum atomic E-state index is 12.7. The molecule has 0 spiro atoms. The van der Waals surface area contributed by atoms with Gasteiger partial charge >= 0.3 is 12.2 Å². The summed E-state index contributed by atoms with van der Waals surface area (Å²) in [5.41, 5.74) is 1.19. The van der Waals surface area contributed by atoms with Crippen LogP contribution in [0.5, 0.6) is 0 Å². The number of ketones is 1. The molecule has 2 aliphatic heterocycles. The fraction of sp³-hybridized carbons (Fsp3) is 0.421. The van der Waals surface area contributed by atoms with Gasteiger partial charge in [-0.15, -0.1) is 0 Å². The van der Waals surface area contributed by atoms with E-state index in [0.717, 1.165) is 0 Å². The van der Waals surface area contributed by atoms with E-state index in [1.165, 1.54) is 24.0 Å². The van der Waals surface area contributed by atoms with E-state index in [-0.39, 0.29) is 23.5 Å². The molecule has 2 bridgehead atoms. The second-order valence-corrected chi connectivity index (χ2v) is 6.46. The summed E-state index contributed by atoms with van der Waals surface area (Å²) in [7, 11) is 2.45. The van der Waals surface area contributed by atoms with Crippen molar-refractivity contribution in [2.24, 2.45) is 5.92 Å². The number of Topliss-reactive ketones (excluding diaryl/α,β-unsaturated/α-hetero) is 1. The monoisotopic (exact) mass is 374 g/mol. The number of para-hydroxylation sites is 1. The van der Waals surface area contributed by atoms with Gasteiger partial charge in [-0.2, -0.15) is 0 Å². The Bertz CT molecular complexity index is 833. The van der Waals surface area contributed by atoms with Crippen LogP contribution in [-0.2, 0) is 14.3 Å². The molecule has 1 N–H and O–H groups in total. The highest BCUT2D eigenvalue weighted by Crippen LogP contribution is 2.50. The van der Waals surface area contributed by atoms with E-state index in [1.807, 2.05) is 0 Å². The quantitative estimate of drug-likeness (QED) is 0.854. The Balaban J connectivity index is 2.36. The summed E-state index contributed by atoms with van der Waals surface area (Å²) in [6, 6.07) is 6.45. The summed E-state index contributed by atoms with van der Waals surface area (Å²) >= 11 is 0. The standard InChI is InChI=1S/C19H22N2O6/c1-5-13(22)14-16(23)10(2)15-11-8-6-7-9-12(11)20(18(24)26-3)17(14)21(15)19(25)27-4/h6-10,15,17,23H,5H2,1-4H3/t10?,15-,17+/m1/s1. The zero-order valence-electron chi connectivity index (χ0n) is 15.6. The summed E-state index contributed by atoms with van der Waals surface area (Å²) < 4.78 is 9.86. The molecule has 3 atom stereocenters. The van der Waals surface area contributed by atoms with Gasteiger partial charge in [0.15, 0.2) is 11.9 Å². The Morgan fingerprint density at radius 3 is 2.33 bits per heavy atom. The van der Waals surface area contributed by atoms with E-state index >= 15 is 0 Å². The molecule has 3 rings (SSSR count). The number of aliphatic hydroxyl groups excluding tert-OH is 1. The normalized spacial score (nSPS) is 23.6. The Morgan fingerprint density at radius 1 is 1.11 bits per heavy atom. The van der Waals surface area contributed by atoms with Gasteiger partial charge < -0.3 is 14.6 Å². The van der Waals surface area contributed by atoms with Gasteiger partial charge in [-0.25, -0.2) is 9.59 Å². The molecule has 8 nitrogen and oxygen atoms in total. The van der Waals surface area contributed by atoms with Crippen LogP contribution in [0.15, 0.2) is 35.6 Å². The lowest BCUT2D eigenvalue weighted by Crippen LogP contribution is -2.63. The smallest absolute Gasteiger partial charge is 0.416 e. The molecule has 27 heavy (non-hydrogen) atoms. The van der Waals surface area contributed by atoms with Crippen molar-refractivity contribution < 1.29 is 29.0 Å². The summed E-state index contributed by atoms with van der Waals surface area (Å²) in [4.78, 5) is 40.5. The highest BCUT2D eigenvalue weighted by Gasteiger charge is 2.54. The van der Waals surface area contributed by atoms with E-state index in [4.69, 9.17) is 9.47 Å². The van der Waals surface area contributed by atoms with E-state index in [1.54, 1.807) is 38.1 Å². The first-order valence-electron chi connectivity index (χ1n) is 8.67. The predicted octanol–water partition coefficient (Wildman–Crippen LogP) is 3.15. The molecule has 0 saturated carbocycles. The van der Waals surface area contributed by atoms with Crippen LogP contribution in [0, 0.1) is 5.92 Å². The highest BCUT2D eigenvalue weighted by atomic mass is 16.6. The highest BCUT2D eigenvalue weighted by molar-refractivity contribution is 6.02. The topological polar surface area (TPSA) is 96.4 Å². The van der Waals surface area contributed by atoms with Crippen LogP contribution < -0.4 is 4.90 Å². The minimum absolute atomic E-state index is 0.00607. The molecule has 2 heterocycles. The third-order valence-corrected chi connectivity index (χ3v) is 5.14. The summed E-state index contributed by atoms with van der Waals surface area (Å²) in [5, 5.41) is 10.8. The van der Waals surface area contributed by atoms with Crippen LogP contribution in [0.1, 0.15) is 31.9 Å². The summed E-state index contributed by atoms with van der Waals surface area (Å²) in [5.74, 6) is -1.03. The van der Waals surface area contributed by atoms with Crippen molar-refractivity contribution >= 4 is 23.7 Å². The van der Waals surface area contributed by atoms with Crippen molar-refractivity contribution in [2.75, 3.05) is 19.1 Å². The minimum atomic E-state index is -1.14. The molecule has 8 heteroatoms. The number of methoxy groups -OCH3 is 2. The maximum absolute atomic E-state index is 12.7. The van der Waals surface area contributed by atoms with E-state index in [9.17, 15) is 19.5 Å². The van der Waals surface area contributed by atoms with Crippen LogP contribution in [0.3, 0.4) is 0 Å². The average Bonchev–Trinajstić information content (AvgIpc) is 2.69. The molecule has 2 aliphatic rings. The number of amides is 2. The van der Waals surface area contributed by atoms with Gasteiger partial charge in [0, 0.05) is 12.3 Å². The number of carbonyl (C=O) groups excluding carboxylic acids is 3. The number of ether oxygens (including phenoxy) is 2. The zero-order valence-corrected chi connectivity index (χ0v) is 15.6. The van der Waals surface area contributed by atoms with Crippen LogP contribution in [-0.4, -0.2) is 48.4 Å². The van der Waals surface area contributed by atoms with Crippen LogP contribution in [0.2, 0.25) is 0 Å². The molecule has 144 valence electrons. The molecule has 0 radical (unpaired) electrons. The fourth-order valence-corrected chi connectivity index (χ4v) is 3.91. The first kappa shape index (κ1) is 18.8. The first-order chi connectivity index (χ1) is 12.9. The van der Waals surface area contributed by atoms with Crippen molar-refractivity contribution in [1.82, 2.24) is 4.90 Å². The van der Waals surface area contributed by atoms with E-state index in [0.29, 0.717) is 11.3 Å². The molecule has 0 saturated heterocycles. The molecule has 0 fully saturated rings. The number of rotatable bonds is 2. The first-order valence-corrected chi connectivity index (χ1v) is 8.67. The zero-order chi connectivity index (χ0) is 19.9. The SMILES string of the molecule is CCC(=O)C1=C(O)C(C)[C@@H]2c3ccccc3N(C(=O)OC)[C@H]1N2C(=O)OC. The number of hydrogen-bond acceptors (Lipinski definition) is 6. The van der Waals surface area contributed by atoms with Crippen molar-refractivity contribution in [3.05, 3.63) is 41.2 Å². The molecular formula is C19H22N2O6. The third kappa shape index (κ3) is 2.63. The lowest BCUT2D eigenvalue weighted by atomic mass is 9.79. The van der Waals surface area contributed by atoms with E-state index in [2.05, 4.69) is 0 Å². The van der Waals surface area contributed by atoms with Crippen LogP contribution in [0.4, 0.5) is 15.3 Å². The van der Waals surface area contributed by atoms with E-state index < -0.39 is 30.3 Å². The number of hydrogen-bond donors (Lipinski definition) is 1. The van der Waals surface area contributed by atoms with Crippen molar-refractivity contribution in [1.29, 1.82) is 0 Å². The van der Waals surface area contributed by atoms with Gasteiger partial charge in [-0.3, -0.25) is 14.6 Å². The summed E-state index contributed by atoms with van der Waals surface area (Å²) in [6.45, 7) is 3.39. The number of carbonyl (C=O) groups is 3. The van der Waals surface area contributed by atoms with Gasteiger partial charge in [0.05, 0.1) is 31.5 Å². The third-order valence-electron chi connectivity index (χ3n) is 5.14. The minimum Gasteiger partial charge on any atom is -0.511 e. The Morgan fingerprint density at radius 2 is 1.74 bits per heavy atom. The van der Waals surface area contributed by atoms with Crippen LogP contribution in [0.25, 0.3) is 0 Å². The molecule has 0 aliphatic carbocycles. The molecule has 2 amide bonds. The number of aliphatic hydroxyl groups is 1. The molecule has 1 aromatic rings. The van der Waals surface area contributed by atoms with Crippen LogP contribution >= 0.6 is 0 Å². The van der Waals surface area contributed by atoms with Gasteiger partial charge in [0.1, 0.15) is 5.76 Å². The predicted molar refractivity (Wildman–Crippen MR) is 96.2 cm³/mol.